The van der Waals surface area contributed by atoms with Gasteiger partial charge in [0.05, 0.1) is 12.3 Å². The molecule has 1 aromatic heterocycles. The van der Waals surface area contributed by atoms with Crippen molar-refractivity contribution < 1.29 is 0 Å². The summed E-state index contributed by atoms with van der Waals surface area (Å²) in [6.07, 6.45) is 3.18. The molecule has 0 bridgehead atoms. The second-order valence-corrected chi connectivity index (χ2v) is 1.26. The Kier molecular flexibility index (Phi) is 1.24. The van der Waals surface area contributed by atoms with Gasteiger partial charge in [-0.15, -0.1) is 5.10 Å². The number of nitrogens with zero attached hydrogens (tertiary/aromatic N) is 4. The van der Waals surface area contributed by atoms with Gasteiger partial charge in [-0.2, -0.15) is 5.26 Å². The average molecular weight is 108 g/mol. The third-order valence-corrected chi connectivity index (χ3v) is 0.705. The van der Waals surface area contributed by atoms with E-state index < -0.39 is 0 Å². The fourth-order valence-corrected chi connectivity index (χ4v) is 0.390. The van der Waals surface area contributed by atoms with E-state index in [2.05, 4.69) is 10.3 Å². The van der Waals surface area contributed by atoms with Crippen LogP contribution in [0, 0.1) is 11.3 Å². The van der Waals surface area contributed by atoms with E-state index in [1.54, 1.807) is 6.20 Å². The lowest BCUT2D eigenvalue weighted by molar-refractivity contribution is 0.668. The topological polar surface area (TPSA) is 54.5 Å². The van der Waals surface area contributed by atoms with Gasteiger partial charge in [0.15, 0.2) is 0 Å². The molecule has 1 aromatic rings. The Morgan fingerprint density at radius 3 is 3.12 bits per heavy atom. The molecule has 0 fully saturated rings. The molecule has 8 heavy (non-hydrogen) atoms. The van der Waals surface area contributed by atoms with Gasteiger partial charge >= 0.3 is 0 Å². The number of hydrogen-bond acceptors (Lipinski definition) is 3. The highest BCUT2D eigenvalue weighted by Gasteiger charge is 1.83. The van der Waals surface area contributed by atoms with E-state index in [4.69, 9.17) is 5.26 Å². The van der Waals surface area contributed by atoms with Crippen LogP contribution in [0.1, 0.15) is 0 Å². The van der Waals surface area contributed by atoms with E-state index in [9.17, 15) is 0 Å². The second-order valence-electron chi connectivity index (χ2n) is 1.26. The van der Waals surface area contributed by atoms with Crippen LogP contribution in [0.25, 0.3) is 0 Å². The Morgan fingerprint density at radius 1 is 1.75 bits per heavy atom. The lowest BCUT2D eigenvalue weighted by Crippen LogP contribution is -1.94. The summed E-state index contributed by atoms with van der Waals surface area (Å²) >= 11 is 0. The number of hydrogen-bond donors (Lipinski definition) is 0. The fraction of sp³-hybridized carbons (Fsp3) is 0.250. The Balaban J connectivity index is 2.67. The summed E-state index contributed by atoms with van der Waals surface area (Å²) in [5, 5.41) is 15.2. The monoisotopic (exact) mass is 108 g/mol. The van der Waals surface area contributed by atoms with Crippen LogP contribution >= 0.6 is 0 Å². The Labute approximate surface area is 46.3 Å². The molecule has 1 heterocycles. The molecule has 0 saturated carbocycles. The summed E-state index contributed by atoms with van der Waals surface area (Å²) in [6, 6.07) is 1.93. The second kappa shape index (κ2) is 2.07. The van der Waals surface area contributed by atoms with Gasteiger partial charge in [-0.05, 0) is 0 Å². The molecule has 0 atom stereocenters. The van der Waals surface area contributed by atoms with Crippen molar-refractivity contribution in [3.63, 3.8) is 0 Å². The van der Waals surface area contributed by atoms with Crippen LogP contribution in [-0.2, 0) is 6.54 Å². The standard InChI is InChI=1S/C4H4N4/c5-1-3-8-4-2-6-7-8/h2,4H,3H2. The van der Waals surface area contributed by atoms with Gasteiger partial charge in [-0.1, -0.05) is 5.21 Å². The molecule has 0 aliphatic carbocycles. The van der Waals surface area contributed by atoms with Gasteiger partial charge in [0.25, 0.3) is 0 Å². The van der Waals surface area contributed by atoms with E-state index >= 15 is 0 Å². The van der Waals surface area contributed by atoms with Crippen molar-refractivity contribution in [2.45, 2.75) is 6.54 Å². The maximum Gasteiger partial charge on any atom is 0.129 e. The fourth-order valence-electron chi connectivity index (χ4n) is 0.390. The predicted molar refractivity (Wildman–Crippen MR) is 25.6 cm³/mol. The highest BCUT2D eigenvalue weighted by atomic mass is 15.4. The van der Waals surface area contributed by atoms with Gasteiger partial charge in [0.2, 0.25) is 0 Å². The largest absolute Gasteiger partial charge is 0.238 e. The van der Waals surface area contributed by atoms with Gasteiger partial charge < -0.3 is 0 Å². The minimum Gasteiger partial charge on any atom is -0.238 e. The Morgan fingerprint density at radius 2 is 2.62 bits per heavy atom. The first-order valence-electron chi connectivity index (χ1n) is 2.14. The van der Waals surface area contributed by atoms with Crippen molar-refractivity contribution in [3.8, 4) is 6.07 Å². The summed E-state index contributed by atoms with van der Waals surface area (Å²) in [5.41, 5.74) is 0. The molecule has 4 nitrogen and oxygen atoms in total. The van der Waals surface area contributed by atoms with Crippen LogP contribution in [0.4, 0.5) is 0 Å². The molecule has 0 unspecified atom stereocenters. The van der Waals surface area contributed by atoms with Crippen molar-refractivity contribution >= 4 is 0 Å². The van der Waals surface area contributed by atoms with E-state index in [1.165, 1.54) is 10.9 Å². The maximum absolute atomic E-state index is 8.10. The summed E-state index contributed by atoms with van der Waals surface area (Å²) in [5.74, 6) is 0. The smallest absolute Gasteiger partial charge is 0.129 e. The molecule has 40 valence electrons. The first-order valence-corrected chi connectivity index (χ1v) is 2.14. The van der Waals surface area contributed by atoms with Crippen LogP contribution in [-0.4, -0.2) is 15.0 Å². The average Bonchev–Trinajstić information content (AvgIpc) is 2.19. The van der Waals surface area contributed by atoms with Crippen molar-refractivity contribution in [3.05, 3.63) is 12.4 Å². The SMILES string of the molecule is N#CCn1ccnn1. The van der Waals surface area contributed by atoms with Gasteiger partial charge in [0, 0.05) is 6.20 Å². The molecule has 0 saturated heterocycles. The first kappa shape index (κ1) is 4.78. The molecule has 0 amide bonds. The number of rotatable bonds is 1. The predicted octanol–water partition coefficient (Wildman–Crippen LogP) is -0.198. The molecular weight excluding hydrogens is 104 g/mol. The molecule has 0 aliphatic heterocycles. The van der Waals surface area contributed by atoms with Crippen molar-refractivity contribution in [1.29, 1.82) is 5.26 Å². The number of aromatic nitrogens is 3. The normalized spacial score (nSPS) is 8.38. The third-order valence-electron chi connectivity index (χ3n) is 0.705. The molecule has 0 radical (unpaired) electrons. The molecule has 0 aromatic carbocycles. The zero-order chi connectivity index (χ0) is 5.82. The van der Waals surface area contributed by atoms with Gasteiger partial charge in [-0.25, -0.2) is 4.68 Å². The summed E-state index contributed by atoms with van der Waals surface area (Å²) in [6.45, 7) is 0.278. The zero-order valence-electron chi connectivity index (χ0n) is 4.15. The molecule has 4 heteroatoms. The Hall–Kier alpha value is -1.37. The van der Waals surface area contributed by atoms with Gasteiger partial charge in [0.1, 0.15) is 6.54 Å². The van der Waals surface area contributed by atoms with Crippen molar-refractivity contribution in [1.82, 2.24) is 15.0 Å². The lowest BCUT2D eigenvalue weighted by Gasteiger charge is -1.83. The van der Waals surface area contributed by atoms with E-state index in [-0.39, 0.29) is 6.54 Å². The van der Waals surface area contributed by atoms with E-state index in [0.717, 1.165) is 0 Å². The summed E-state index contributed by atoms with van der Waals surface area (Å²) in [7, 11) is 0. The Bertz CT molecular complexity index is 182. The van der Waals surface area contributed by atoms with Crippen molar-refractivity contribution in [2.75, 3.05) is 0 Å². The summed E-state index contributed by atoms with van der Waals surface area (Å²) < 4.78 is 1.46. The quantitative estimate of drug-likeness (QED) is 0.500. The molecule has 0 spiro atoms. The molecule has 0 aliphatic rings. The first-order chi connectivity index (χ1) is 3.93. The van der Waals surface area contributed by atoms with Crippen molar-refractivity contribution in [2.24, 2.45) is 0 Å². The molecule has 1 rings (SSSR count). The molecular formula is C4H4N4. The maximum atomic E-state index is 8.10. The van der Waals surface area contributed by atoms with Crippen LogP contribution in [0.15, 0.2) is 12.4 Å². The minimum atomic E-state index is 0.278. The van der Waals surface area contributed by atoms with Gasteiger partial charge in [-0.3, -0.25) is 0 Å². The van der Waals surface area contributed by atoms with Crippen LogP contribution in [0.5, 0.6) is 0 Å². The van der Waals surface area contributed by atoms with E-state index in [1.807, 2.05) is 6.07 Å². The minimum absolute atomic E-state index is 0.278. The zero-order valence-corrected chi connectivity index (χ0v) is 4.15. The summed E-state index contributed by atoms with van der Waals surface area (Å²) in [4.78, 5) is 0. The third kappa shape index (κ3) is 0.819. The highest BCUT2D eigenvalue weighted by Crippen LogP contribution is 1.75. The number of nitriles is 1. The lowest BCUT2D eigenvalue weighted by atomic mass is 10.7. The van der Waals surface area contributed by atoms with Crippen LogP contribution < -0.4 is 0 Å². The van der Waals surface area contributed by atoms with E-state index in [0.29, 0.717) is 0 Å². The highest BCUT2D eigenvalue weighted by molar-refractivity contribution is 4.73. The van der Waals surface area contributed by atoms with Crippen LogP contribution in [0.3, 0.4) is 0 Å². The van der Waals surface area contributed by atoms with Crippen LogP contribution in [0.2, 0.25) is 0 Å². The molecule has 0 N–H and O–H groups in total.